The van der Waals surface area contributed by atoms with Crippen molar-refractivity contribution in [2.24, 2.45) is 7.05 Å². The largest absolute Gasteiger partial charge is 0.399 e. The number of anilines is 1. The Balaban J connectivity index is 2.31. The van der Waals surface area contributed by atoms with Gasteiger partial charge in [0.15, 0.2) is 0 Å². The number of halogens is 2. The van der Waals surface area contributed by atoms with Crippen LogP contribution >= 0.6 is 11.6 Å². The van der Waals surface area contributed by atoms with Crippen LogP contribution in [0.5, 0.6) is 0 Å². The van der Waals surface area contributed by atoms with E-state index < -0.39 is 0 Å². The van der Waals surface area contributed by atoms with E-state index in [-0.39, 0.29) is 5.82 Å². The van der Waals surface area contributed by atoms with Crippen LogP contribution in [-0.2, 0) is 7.05 Å². The van der Waals surface area contributed by atoms with Gasteiger partial charge in [-0.1, -0.05) is 11.6 Å². The van der Waals surface area contributed by atoms with E-state index >= 15 is 0 Å². The summed E-state index contributed by atoms with van der Waals surface area (Å²) in [6, 6.07) is 9.83. The van der Waals surface area contributed by atoms with Crippen LogP contribution in [0, 0.1) is 5.82 Å². The first kappa shape index (κ1) is 12.0. The Labute approximate surface area is 114 Å². The molecule has 2 N–H and O–H groups in total. The monoisotopic (exact) mass is 275 g/mol. The second-order valence-corrected chi connectivity index (χ2v) is 4.80. The number of nitrogens with two attached hydrogens (primary N) is 1. The lowest BCUT2D eigenvalue weighted by atomic mass is 10.2. The van der Waals surface area contributed by atoms with Crippen molar-refractivity contribution < 1.29 is 4.39 Å². The maximum absolute atomic E-state index is 13.9. The molecule has 0 fully saturated rings. The highest BCUT2D eigenvalue weighted by atomic mass is 35.5. The van der Waals surface area contributed by atoms with Crippen LogP contribution in [0.25, 0.3) is 22.4 Å². The minimum atomic E-state index is -0.348. The summed E-state index contributed by atoms with van der Waals surface area (Å²) in [5, 5.41) is 0.620. The fourth-order valence-electron chi connectivity index (χ4n) is 2.12. The van der Waals surface area contributed by atoms with E-state index in [1.165, 1.54) is 12.1 Å². The Hall–Kier alpha value is -2.07. The van der Waals surface area contributed by atoms with Gasteiger partial charge in [0.05, 0.1) is 16.6 Å². The van der Waals surface area contributed by atoms with Crippen molar-refractivity contribution in [2.75, 3.05) is 5.73 Å². The van der Waals surface area contributed by atoms with Gasteiger partial charge in [0, 0.05) is 17.8 Å². The molecule has 0 saturated heterocycles. The molecule has 0 aliphatic rings. The zero-order valence-corrected chi connectivity index (χ0v) is 10.9. The molecule has 0 amide bonds. The molecule has 0 spiro atoms. The average Bonchev–Trinajstić information content (AvgIpc) is 2.70. The van der Waals surface area contributed by atoms with Crippen LogP contribution in [0.2, 0.25) is 5.02 Å². The number of nitrogen functional groups attached to an aromatic ring is 1. The first-order chi connectivity index (χ1) is 9.06. The fraction of sp³-hybridized carbons (Fsp3) is 0.0714. The number of aromatic nitrogens is 2. The molecule has 5 heteroatoms. The van der Waals surface area contributed by atoms with Crippen molar-refractivity contribution >= 4 is 28.3 Å². The molecule has 96 valence electrons. The highest BCUT2D eigenvalue weighted by Crippen LogP contribution is 2.28. The van der Waals surface area contributed by atoms with E-state index in [2.05, 4.69) is 4.98 Å². The minimum Gasteiger partial charge on any atom is -0.399 e. The number of fused-ring (bicyclic) bond motifs is 1. The van der Waals surface area contributed by atoms with Gasteiger partial charge in [-0.25, -0.2) is 9.37 Å². The van der Waals surface area contributed by atoms with Gasteiger partial charge in [0.1, 0.15) is 11.6 Å². The number of hydrogen-bond acceptors (Lipinski definition) is 2. The Morgan fingerprint density at radius 1 is 1.21 bits per heavy atom. The molecule has 0 unspecified atom stereocenters. The maximum Gasteiger partial charge on any atom is 0.143 e. The number of imidazole rings is 1. The molecule has 3 aromatic rings. The third-order valence-electron chi connectivity index (χ3n) is 3.07. The van der Waals surface area contributed by atoms with Crippen LogP contribution in [0.3, 0.4) is 0 Å². The summed E-state index contributed by atoms with van der Waals surface area (Å²) in [5.41, 5.74) is 8.21. The summed E-state index contributed by atoms with van der Waals surface area (Å²) >= 11 is 5.97. The summed E-state index contributed by atoms with van der Waals surface area (Å²) in [4.78, 5) is 4.43. The van der Waals surface area contributed by atoms with E-state index in [1.54, 1.807) is 22.8 Å². The molecule has 1 heterocycles. The predicted molar refractivity (Wildman–Crippen MR) is 75.5 cm³/mol. The van der Waals surface area contributed by atoms with Crippen LogP contribution in [0.1, 0.15) is 0 Å². The lowest BCUT2D eigenvalue weighted by Crippen LogP contribution is -1.96. The Morgan fingerprint density at radius 2 is 2.00 bits per heavy atom. The SMILES string of the molecule is Cn1c(-c2cc(N)ccc2F)nc2ccc(Cl)cc21. The number of benzene rings is 2. The van der Waals surface area contributed by atoms with Gasteiger partial charge in [0.2, 0.25) is 0 Å². The highest BCUT2D eigenvalue weighted by Gasteiger charge is 2.14. The van der Waals surface area contributed by atoms with Gasteiger partial charge in [-0.3, -0.25) is 0 Å². The molecule has 2 aromatic carbocycles. The van der Waals surface area contributed by atoms with E-state index in [0.717, 1.165) is 11.0 Å². The standard InChI is InChI=1S/C14H11ClFN3/c1-19-13-6-8(15)2-5-12(13)18-14(19)10-7-9(17)3-4-11(10)16/h2-7H,17H2,1H3. The summed E-state index contributed by atoms with van der Waals surface area (Å²) in [5.74, 6) is 0.181. The quantitative estimate of drug-likeness (QED) is 0.690. The molecule has 0 aliphatic carbocycles. The molecule has 3 rings (SSSR count). The molecular weight excluding hydrogens is 265 g/mol. The summed E-state index contributed by atoms with van der Waals surface area (Å²) < 4.78 is 15.7. The van der Waals surface area contributed by atoms with Gasteiger partial charge in [-0.05, 0) is 36.4 Å². The lowest BCUT2D eigenvalue weighted by Gasteiger charge is -2.05. The van der Waals surface area contributed by atoms with Gasteiger partial charge < -0.3 is 10.3 Å². The van der Waals surface area contributed by atoms with Crippen LogP contribution in [-0.4, -0.2) is 9.55 Å². The molecule has 3 nitrogen and oxygen atoms in total. The molecule has 19 heavy (non-hydrogen) atoms. The number of aryl methyl sites for hydroxylation is 1. The maximum atomic E-state index is 13.9. The van der Waals surface area contributed by atoms with E-state index in [0.29, 0.717) is 22.1 Å². The lowest BCUT2D eigenvalue weighted by molar-refractivity contribution is 0.629. The van der Waals surface area contributed by atoms with E-state index in [4.69, 9.17) is 17.3 Å². The van der Waals surface area contributed by atoms with Crippen molar-refractivity contribution in [3.63, 3.8) is 0 Å². The Kier molecular flexibility index (Phi) is 2.68. The van der Waals surface area contributed by atoms with Crippen molar-refractivity contribution in [1.82, 2.24) is 9.55 Å². The average molecular weight is 276 g/mol. The first-order valence-corrected chi connectivity index (χ1v) is 6.11. The van der Waals surface area contributed by atoms with Crippen LogP contribution in [0.15, 0.2) is 36.4 Å². The predicted octanol–water partition coefficient (Wildman–Crippen LogP) is 3.62. The van der Waals surface area contributed by atoms with Gasteiger partial charge in [0.25, 0.3) is 0 Å². The van der Waals surface area contributed by atoms with Crippen molar-refractivity contribution in [2.45, 2.75) is 0 Å². The summed E-state index contributed by atoms with van der Waals surface area (Å²) in [6.07, 6.45) is 0. The molecular formula is C14H11ClFN3. The van der Waals surface area contributed by atoms with Crippen LogP contribution in [0.4, 0.5) is 10.1 Å². The normalized spacial score (nSPS) is 11.1. The van der Waals surface area contributed by atoms with Gasteiger partial charge in [-0.2, -0.15) is 0 Å². The second kappa shape index (κ2) is 4.24. The smallest absolute Gasteiger partial charge is 0.143 e. The number of hydrogen-bond donors (Lipinski definition) is 1. The molecule has 0 radical (unpaired) electrons. The third kappa shape index (κ3) is 1.94. The van der Waals surface area contributed by atoms with Gasteiger partial charge >= 0.3 is 0 Å². The topological polar surface area (TPSA) is 43.8 Å². The number of nitrogens with zero attached hydrogens (tertiary/aromatic N) is 2. The highest BCUT2D eigenvalue weighted by molar-refractivity contribution is 6.31. The summed E-state index contributed by atoms with van der Waals surface area (Å²) in [6.45, 7) is 0. The second-order valence-electron chi connectivity index (χ2n) is 4.37. The Bertz CT molecular complexity index is 780. The zero-order chi connectivity index (χ0) is 13.6. The number of rotatable bonds is 1. The Morgan fingerprint density at radius 3 is 2.79 bits per heavy atom. The molecule has 0 saturated carbocycles. The molecule has 1 aromatic heterocycles. The minimum absolute atomic E-state index is 0.348. The fourth-order valence-corrected chi connectivity index (χ4v) is 2.28. The molecule has 0 aliphatic heterocycles. The molecule has 0 bridgehead atoms. The van der Waals surface area contributed by atoms with E-state index in [1.807, 2.05) is 13.1 Å². The zero-order valence-electron chi connectivity index (χ0n) is 10.2. The van der Waals surface area contributed by atoms with E-state index in [9.17, 15) is 4.39 Å². The molecule has 0 atom stereocenters. The van der Waals surface area contributed by atoms with Gasteiger partial charge in [-0.15, -0.1) is 0 Å². The summed E-state index contributed by atoms with van der Waals surface area (Å²) in [7, 11) is 1.82. The third-order valence-corrected chi connectivity index (χ3v) is 3.31. The van der Waals surface area contributed by atoms with Crippen molar-refractivity contribution in [3.05, 3.63) is 47.2 Å². The first-order valence-electron chi connectivity index (χ1n) is 5.73. The van der Waals surface area contributed by atoms with Crippen LogP contribution < -0.4 is 5.73 Å². The van der Waals surface area contributed by atoms with Crippen molar-refractivity contribution in [1.29, 1.82) is 0 Å². The van der Waals surface area contributed by atoms with Crippen molar-refractivity contribution in [3.8, 4) is 11.4 Å².